The van der Waals surface area contributed by atoms with Crippen molar-refractivity contribution in [3.05, 3.63) is 44.9 Å². The molecule has 128 valence electrons. The molecule has 1 aliphatic rings. The minimum absolute atomic E-state index is 0.141. The average Bonchev–Trinajstić information content (AvgIpc) is 2.56. The lowest BCUT2D eigenvalue weighted by Gasteiger charge is -2.31. The molecule has 2 aromatic rings. The number of piperidine rings is 1. The molecule has 1 amide bonds. The minimum atomic E-state index is -0.532. The first-order valence-electron chi connectivity index (χ1n) is 7.87. The molecule has 1 fully saturated rings. The number of benzene rings is 1. The number of nitrogens with one attached hydrogen (secondary N) is 1. The number of likely N-dealkylation sites (tertiary alicyclic amines) is 1. The molecule has 7 nitrogen and oxygen atoms in total. The fourth-order valence-corrected chi connectivity index (χ4v) is 3.05. The van der Waals surface area contributed by atoms with Crippen LogP contribution < -0.4 is 11.2 Å². The number of hydrogen-bond acceptors (Lipinski definition) is 4. The molecular formula is C16H18FN3O4. The fourth-order valence-electron chi connectivity index (χ4n) is 3.05. The number of halogens is 1. The van der Waals surface area contributed by atoms with E-state index in [1.54, 1.807) is 11.8 Å². The molecule has 8 heteroatoms. The van der Waals surface area contributed by atoms with Gasteiger partial charge in [0, 0.05) is 19.1 Å². The topological polar surface area (TPSA) is 84.4 Å². The van der Waals surface area contributed by atoms with E-state index in [2.05, 4.69) is 4.98 Å². The van der Waals surface area contributed by atoms with Gasteiger partial charge in [-0.2, -0.15) is 0 Å². The third-order valence-electron chi connectivity index (χ3n) is 4.25. The number of aromatic amines is 1. The lowest BCUT2D eigenvalue weighted by molar-refractivity contribution is 0.0920. The van der Waals surface area contributed by atoms with Gasteiger partial charge in [0.15, 0.2) is 0 Å². The number of rotatable bonds is 2. The molecule has 1 aromatic heterocycles. The van der Waals surface area contributed by atoms with Crippen LogP contribution in [0.4, 0.5) is 9.18 Å². The molecule has 0 unspecified atom stereocenters. The lowest BCUT2D eigenvalue weighted by atomic mass is 10.0. The summed E-state index contributed by atoms with van der Waals surface area (Å²) in [6, 6.07) is 3.36. The van der Waals surface area contributed by atoms with Gasteiger partial charge in [0.05, 0.1) is 17.5 Å². The highest BCUT2D eigenvalue weighted by Crippen LogP contribution is 2.21. The zero-order valence-corrected chi connectivity index (χ0v) is 13.3. The van der Waals surface area contributed by atoms with Gasteiger partial charge < -0.3 is 14.6 Å². The second-order valence-corrected chi connectivity index (χ2v) is 5.71. The molecule has 0 radical (unpaired) electrons. The van der Waals surface area contributed by atoms with E-state index in [0.717, 1.165) is 10.6 Å². The van der Waals surface area contributed by atoms with Crippen LogP contribution in [0.2, 0.25) is 0 Å². The molecular weight excluding hydrogens is 317 g/mol. The summed E-state index contributed by atoms with van der Waals surface area (Å²) in [4.78, 5) is 40.7. The number of amides is 1. The van der Waals surface area contributed by atoms with Gasteiger partial charge in [-0.3, -0.25) is 9.36 Å². The Kier molecular flexibility index (Phi) is 4.37. The number of hydrogen-bond donors (Lipinski definition) is 1. The van der Waals surface area contributed by atoms with Crippen LogP contribution in [0.25, 0.3) is 10.9 Å². The van der Waals surface area contributed by atoms with Crippen LogP contribution in [0, 0.1) is 5.82 Å². The van der Waals surface area contributed by atoms with Crippen LogP contribution in [0.5, 0.6) is 0 Å². The number of carbonyl (C=O) groups is 1. The van der Waals surface area contributed by atoms with Crippen molar-refractivity contribution in [2.45, 2.75) is 25.8 Å². The van der Waals surface area contributed by atoms with Crippen molar-refractivity contribution >= 4 is 17.0 Å². The first-order chi connectivity index (χ1) is 11.5. The molecule has 1 aliphatic heterocycles. The normalized spacial score (nSPS) is 15.7. The van der Waals surface area contributed by atoms with Crippen LogP contribution in [-0.2, 0) is 4.74 Å². The molecule has 24 heavy (non-hydrogen) atoms. The molecule has 1 aromatic carbocycles. The number of aromatic nitrogens is 2. The van der Waals surface area contributed by atoms with Gasteiger partial charge in [-0.25, -0.2) is 14.0 Å². The Morgan fingerprint density at radius 3 is 2.71 bits per heavy atom. The molecule has 2 heterocycles. The van der Waals surface area contributed by atoms with E-state index in [4.69, 9.17) is 4.74 Å². The Bertz CT molecular complexity index is 881. The largest absolute Gasteiger partial charge is 0.450 e. The predicted molar refractivity (Wildman–Crippen MR) is 85.7 cm³/mol. The van der Waals surface area contributed by atoms with Crippen molar-refractivity contribution < 1.29 is 13.9 Å². The number of nitrogens with zero attached hydrogens (tertiary/aromatic N) is 2. The first kappa shape index (κ1) is 16.2. The van der Waals surface area contributed by atoms with Gasteiger partial charge in [-0.05, 0) is 38.0 Å². The van der Waals surface area contributed by atoms with Gasteiger partial charge >= 0.3 is 11.8 Å². The molecule has 0 aliphatic carbocycles. The van der Waals surface area contributed by atoms with E-state index in [-0.39, 0.29) is 11.4 Å². The average molecular weight is 335 g/mol. The monoisotopic (exact) mass is 335 g/mol. The van der Waals surface area contributed by atoms with E-state index in [1.165, 1.54) is 12.1 Å². The summed E-state index contributed by atoms with van der Waals surface area (Å²) < 4.78 is 19.5. The minimum Gasteiger partial charge on any atom is -0.450 e. The van der Waals surface area contributed by atoms with E-state index in [1.807, 2.05) is 0 Å². The Labute approximate surface area is 136 Å². The maximum Gasteiger partial charge on any atom is 0.409 e. The van der Waals surface area contributed by atoms with Crippen molar-refractivity contribution in [3.63, 3.8) is 0 Å². The first-order valence-corrected chi connectivity index (χ1v) is 7.87. The van der Waals surface area contributed by atoms with E-state index in [9.17, 15) is 18.8 Å². The highest BCUT2D eigenvalue weighted by atomic mass is 19.1. The van der Waals surface area contributed by atoms with Gasteiger partial charge in [0.25, 0.3) is 5.56 Å². The second kappa shape index (κ2) is 6.46. The second-order valence-electron chi connectivity index (χ2n) is 5.71. The summed E-state index contributed by atoms with van der Waals surface area (Å²) >= 11 is 0. The van der Waals surface area contributed by atoms with Gasteiger partial charge in [0.1, 0.15) is 5.82 Å². The molecule has 0 spiro atoms. The van der Waals surface area contributed by atoms with Gasteiger partial charge in [-0.15, -0.1) is 0 Å². The number of carbonyl (C=O) groups excluding carboxylic acids is 1. The van der Waals surface area contributed by atoms with Crippen LogP contribution >= 0.6 is 0 Å². The highest BCUT2D eigenvalue weighted by Gasteiger charge is 2.26. The van der Waals surface area contributed by atoms with E-state index in [0.29, 0.717) is 38.1 Å². The third-order valence-corrected chi connectivity index (χ3v) is 4.25. The smallest absolute Gasteiger partial charge is 0.409 e. The van der Waals surface area contributed by atoms with Crippen molar-refractivity contribution in [1.29, 1.82) is 0 Å². The quantitative estimate of drug-likeness (QED) is 0.904. The van der Waals surface area contributed by atoms with Crippen molar-refractivity contribution in [2.75, 3.05) is 19.7 Å². The van der Waals surface area contributed by atoms with Crippen molar-refractivity contribution in [1.82, 2.24) is 14.5 Å². The Morgan fingerprint density at radius 2 is 2.04 bits per heavy atom. The van der Waals surface area contributed by atoms with E-state index >= 15 is 0 Å². The maximum absolute atomic E-state index is 13.4. The summed E-state index contributed by atoms with van der Waals surface area (Å²) in [5, 5.41) is 0.141. The summed E-state index contributed by atoms with van der Waals surface area (Å²) in [6.07, 6.45) is 0.531. The van der Waals surface area contributed by atoms with Crippen molar-refractivity contribution in [3.8, 4) is 0 Å². The number of H-pyrrole nitrogens is 1. The van der Waals surface area contributed by atoms with Crippen LogP contribution in [0.15, 0.2) is 27.8 Å². The molecule has 0 saturated carbocycles. The molecule has 0 bridgehead atoms. The zero-order valence-electron chi connectivity index (χ0n) is 13.3. The Hall–Kier alpha value is -2.64. The number of ether oxygens (including phenoxy) is 1. The Balaban J connectivity index is 1.90. The van der Waals surface area contributed by atoms with Crippen LogP contribution in [-0.4, -0.2) is 40.2 Å². The SMILES string of the molecule is CCOC(=O)N1CCC(n2c(=O)[nH]c3ccc(F)cc3c2=O)CC1. The maximum atomic E-state index is 13.4. The summed E-state index contributed by atoms with van der Waals surface area (Å²) in [5.41, 5.74) is -0.719. The number of fused-ring (bicyclic) bond motifs is 1. The fraction of sp³-hybridized carbons (Fsp3) is 0.438. The molecule has 3 rings (SSSR count). The molecule has 0 atom stereocenters. The van der Waals surface area contributed by atoms with E-state index < -0.39 is 23.2 Å². The van der Waals surface area contributed by atoms with Crippen molar-refractivity contribution in [2.24, 2.45) is 0 Å². The van der Waals surface area contributed by atoms with Crippen LogP contribution in [0.1, 0.15) is 25.8 Å². The summed E-state index contributed by atoms with van der Waals surface area (Å²) in [6.45, 7) is 2.83. The zero-order chi connectivity index (χ0) is 17.3. The summed E-state index contributed by atoms with van der Waals surface area (Å²) in [7, 11) is 0. The standard InChI is InChI=1S/C16H18FN3O4/c1-2-24-16(23)19-7-5-11(6-8-19)20-14(21)12-9-10(17)3-4-13(12)18-15(20)22/h3-4,9,11H,2,5-8H2,1H3,(H,18,22). The van der Waals surface area contributed by atoms with Gasteiger partial charge in [0.2, 0.25) is 0 Å². The third kappa shape index (κ3) is 2.91. The molecule has 1 saturated heterocycles. The molecule has 1 N–H and O–H groups in total. The van der Waals surface area contributed by atoms with Gasteiger partial charge in [-0.1, -0.05) is 0 Å². The van der Waals surface area contributed by atoms with Crippen LogP contribution in [0.3, 0.4) is 0 Å². The Morgan fingerprint density at radius 1 is 1.33 bits per heavy atom. The summed E-state index contributed by atoms with van der Waals surface area (Å²) in [5.74, 6) is -0.532. The highest BCUT2D eigenvalue weighted by molar-refractivity contribution is 5.77. The lowest BCUT2D eigenvalue weighted by Crippen LogP contribution is -2.45. The predicted octanol–water partition coefficient (Wildman–Crippen LogP) is 1.62.